The van der Waals surface area contributed by atoms with Crippen LogP contribution in [0.15, 0.2) is 23.1 Å². The highest BCUT2D eigenvalue weighted by molar-refractivity contribution is 7.89. The minimum absolute atomic E-state index is 0.0607. The van der Waals surface area contributed by atoms with Gasteiger partial charge in [0.05, 0.1) is 10.5 Å². The predicted molar refractivity (Wildman–Crippen MR) is 75.1 cm³/mol. The molecule has 0 aromatic heterocycles. The first-order valence-electron chi connectivity index (χ1n) is 6.25. The van der Waals surface area contributed by atoms with Crippen molar-refractivity contribution in [3.8, 4) is 11.8 Å². The third kappa shape index (κ3) is 3.57. The summed E-state index contributed by atoms with van der Waals surface area (Å²) >= 11 is 0. The topological polar surface area (TPSA) is 57.6 Å². The van der Waals surface area contributed by atoms with Crippen molar-refractivity contribution in [2.75, 3.05) is 13.2 Å². The van der Waals surface area contributed by atoms with Crippen LogP contribution < -0.4 is 0 Å². The molecule has 0 saturated carbocycles. The van der Waals surface area contributed by atoms with E-state index in [9.17, 15) is 12.8 Å². The molecule has 6 heteroatoms. The monoisotopic (exact) mass is 299 g/mol. The lowest BCUT2D eigenvalue weighted by atomic mass is 10.2. The Kier molecular flexibility index (Phi) is 5.69. The number of halogens is 1. The highest BCUT2D eigenvalue weighted by Gasteiger charge is 2.26. The van der Waals surface area contributed by atoms with Gasteiger partial charge >= 0.3 is 0 Å². The Hall–Kier alpha value is -1.42. The highest BCUT2D eigenvalue weighted by atomic mass is 32.2. The fourth-order valence-electron chi connectivity index (χ4n) is 1.84. The second-order valence-corrected chi connectivity index (χ2v) is 6.29. The van der Waals surface area contributed by atoms with Gasteiger partial charge in [-0.1, -0.05) is 18.8 Å². The average molecular weight is 299 g/mol. The molecule has 1 rings (SSSR count). The predicted octanol–water partition coefficient (Wildman–Crippen LogP) is 1.59. The Balaban J connectivity index is 3.24. The molecule has 1 aromatic carbocycles. The lowest BCUT2D eigenvalue weighted by Gasteiger charge is -2.24. The fourth-order valence-corrected chi connectivity index (χ4v) is 3.50. The van der Waals surface area contributed by atoms with Gasteiger partial charge in [-0.25, -0.2) is 12.8 Å². The molecule has 0 spiro atoms. The zero-order valence-electron chi connectivity index (χ0n) is 11.7. The molecular weight excluding hydrogens is 281 g/mol. The molecule has 0 atom stereocenters. The highest BCUT2D eigenvalue weighted by Crippen LogP contribution is 2.20. The molecule has 0 aliphatic carbocycles. The Morgan fingerprint density at radius 2 is 2.05 bits per heavy atom. The van der Waals surface area contributed by atoms with Gasteiger partial charge in [-0.3, -0.25) is 0 Å². The Morgan fingerprint density at radius 3 is 2.50 bits per heavy atom. The number of rotatable bonds is 4. The zero-order chi connectivity index (χ0) is 15.3. The largest absolute Gasteiger partial charge is 0.384 e. The van der Waals surface area contributed by atoms with Gasteiger partial charge < -0.3 is 5.11 Å². The molecule has 0 radical (unpaired) electrons. The molecule has 0 saturated heterocycles. The SMILES string of the molecule is CCN(C(C)C)S(=O)(=O)c1ccc(C#CCO)c(F)c1. The van der Waals surface area contributed by atoms with Crippen LogP contribution in [0.1, 0.15) is 26.3 Å². The molecule has 0 amide bonds. The molecule has 0 unspecified atom stereocenters. The van der Waals surface area contributed by atoms with Crippen LogP contribution in [0.25, 0.3) is 0 Å². The van der Waals surface area contributed by atoms with Crippen molar-refractivity contribution in [1.82, 2.24) is 4.31 Å². The van der Waals surface area contributed by atoms with Crippen LogP contribution in [-0.4, -0.2) is 37.0 Å². The summed E-state index contributed by atoms with van der Waals surface area (Å²) in [6.07, 6.45) is 0. The number of benzene rings is 1. The maximum Gasteiger partial charge on any atom is 0.243 e. The molecule has 1 aromatic rings. The molecule has 4 nitrogen and oxygen atoms in total. The second kappa shape index (κ2) is 6.84. The summed E-state index contributed by atoms with van der Waals surface area (Å²) in [4.78, 5) is -0.0971. The third-order valence-corrected chi connectivity index (χ3v) is 4.88. The van der Waals surface area contributed by atoms with Crippen molar-refractivity contribution in [2.24, 2.45) is 0 Å². The Morgan fingerprint density at radius 1 is 1.40 bits per heavy atom. The van der Waals surface area contributed by atoms with E-state index in [1.807, 2.05) is 0 Å². The van der Waals surface area contributed by atoms with E-state index >= 15 is 0 Å². The number of hydrogen-bond acceptors (Lipinski definition) is 3. The fraction of sp³-hybridized carbons (Fsp3) is 0.429. The molecule has 110 valence electrons. The van der Waals surface area contributed by atoms with Crippen molar-refractivity contribution in [3.05, 3.63) is 29.6 Å². The summed E-state index contributed by atoms with van der Waals surface area (Å²) in [5.74, 6) is 4.03. The summed E-state index contributed by atoms with van der Waals surface area (Å²) in [5.41, 5.74) is 0.0607. The first-order chi connectivity index (χ1) is 9.34. The normalized spacial score (nSPS) is 11.6. The van der Waals surface area contributed by atoms with Crippen LogP contribution in [0.3, 0.4) is 0 Å². The van der Waals surface area contributed by atoms with Crippen LogP contribution in [0.2, 0.25) is 0 Å². The van der Waals surface area contributed by atoms with Crippen LogP contribution >= 0.6 is 0 Å². The van der Waals surface area contributed by atoms with E-state index < -0.39 is 15.8 Å². The molecular formula is C14H18FNO3S. The summed E-state index contributed by atoms with van der Waals surface area (Å²) < 4.78 is 39.8. The van der Waals surface area contributed by atoms with Crippen LogP contribution in [0, 0.1) is 17.7 Å². The Bertz CT molecular complexity index is 630. The van der Waals surface area contributed by atoms with E-state index in [0.29, 0.717) is 6.54 Å². The minimum Gasteiger partial charge on any atom is -0.384 e. The average Bonchev–Trinajstić information content (AvgIpc) is 2.37. The quantitative estimate of drug-likeness (QED) is 0.859. The van der Waals surface area contributed by atoms with E-state index in [1.165, 1.54) is 16.4 Å². The van der Waals surface area contributed by atoms with Gasteiger partial charge in [-0.2, -0.15) is 4.31 Å². The molecule has 1 N–H and O–H groups in total. The smallest absolute Gasteiger partial charge is 0.243 e. The maximum absolute atomic E-state index is 13.8. The molecule has 0 aliphatic heterocycles. The zero-order valence-corrected chi connectivity index (χ0v) is 12.5. The Labute approximate surface area is 119 Å². The van der Waals surface area contributed by atoms with Gasteiger partial charge in [0.1, 0.15) is 12.4 Å². The summed E-state index contributed by atoms with van der Waals surface area (Å²) in [6, 6.07) is 3.38. The van der Waals surface area contributed by atoms with Crippen LogP contribution in [0.5, 0.6) is 0 Å². The van der Waals surface area contributed by atoms with Crippen molar-refractivity contribution >= 4 is 10.0 Å². The van der Waals surface area contributed by atoms with Gasteiger partial charge in [-0.05, 0) is 32.0 Å². The summed E-state index contributed by atoms with van der Waals surface area (Å²) in [5, 5.41) is 8.57. The van der Waals surface area contributed by atoms with Gasteiger partial charge in [0, 0.05) is 12.6 Å². The van der Waals surface area contributed by atoms with Gasteiger partial charge in [-0.15, -0.1) is 0 Å². The van der Waals surface area contributed by atoms with Crippen molar-refractivity contribution < 1.29 is 17.9 Å². The number of aliphatic hydroxyl groups is 1. The van der Waals surface area contributed by atoms with E-state index in [-0.39, 0.29) is 23.1 Å². The number of aliphatic hydroxyl groups excluding tert-OH is 1. The van der Waals surface area contributed by atoms with E-state index in [4.69, 9.17) is 5.11 Å². The summed E-state index contributed by atoms with van der Waals surface area (Å²) in [6.45, 7) is 5.19. The van der Waals surface area contributed by atoms with Gasteiger partial charge in [0.2, 0.25) is 10.0 Å². The van der Waals surface area contributed by atoms with Crippen LogP contribution in [0.4, 0.5) is 4.39 Å². The molecule has 0 aliphatic rings. The first-order valence-corrected chi connectivity index (χ1v) is 7.69. The van der Waals surface area contributed by atoms with Crippen LogP contribution in [-0.2, 0) is 10.0 Å². The second-order valence-electron chi connectivity index (χ2n) is 4.40. The van der Waals surface area contributed by atoms with Gasteiger partial charge in [0.25, 0.3) is 0 Å². The van der Waals surface area contributed by atoms with Gasteiger partial charge in [0.15, 0.2) is 0 Å². The number of hydrogen-bond donors (Lipinski definition) is 1. The van der Waals surface area contributed by atoms with Crippen molar-refractivity contribution in [1.29, 1.82) is 0 Å². The van der Waals surface area contributed by atoms with Crippen molar-refractivity contribution in [3.63, 3.8) is 0 Å². The van der Waals surface area contributed by atoms with Crippen molar-refractivity contribution in [2.45, 2.75) is 31.7 Å². The molecule has 0 bridgehead atoms. The number of sulfonamides is 1. The van der Waals surface area contributed by atoms with E-state index in [2.05, 4.69) is 11.8 Å². The third-order valence-electron chi connectivity index (χ3n) is 2.74. The number of nitrogens with zero attached hydrogens (tertiary/aromatic N) is 1. The molecule has 0 fully saturated rings. The molecule has 0 heterocycles. The maximum atomic E-state index is 13.8. The molecule has 20 heavy (non-hydrogen) atoms. The first kappa shape index (κ1) is 16.6. The van der Waals surface area contributed by atoms with E-state index in [1.54, 1.807) is 20.8 Å². The lowest BCUT2D eigenvalue weighted by molar-refractivity contribution is 0.350. The standard InChI is InChI=1S/C14H18FNO3S/c1-4-16(11(2)3)20(18,19)13-8-7-12(6-5-9-17)14(15)10-13/h7-8,10-11,17H,4,9H2,1-3H3. The lowest BCUT2D eigenvalue weighted by Crippen LogP contribution is -2.36. The minimum atomic E-state index is -3.71. The van der Waals surface area contributed by atoms with E-state index in [0.717, 1.165) is 6.07 Å². The summed E-state index contributed by atoms with van der Waals surface area (Å²) in [7, 11) is -3.71.